The van der Waals surface area contributed by atoms with E-state index in [1.165, 1.54) is 0 Å². The van der Waals surface area contributed by atoms with Crippen molar-refractivity contribution >= 4 is 229 Å². The van der Waals surface area contributed by atoms with Crippen LogP contribution in [-0.4, -0.2) is 101 Å². The molecule has 1 heterocycles. The maximum absolute atomic E-state index is 10.6. The summed E-state index contributed by atoms with van der Waals surface area (Å²) >= 11 is 62.8. The van der Waals surface area contributed by atoms with E-state index in [2.05, 4.69) is 44.2 Å². The molecule has 4 fully saturated rings. The summed E-state index contributed by atoms with van der Waals surface area (Å²) in [7, 11) is 0. The van der Waals surface area contributed by atoms with Crippen LogP contribution >= 0.6 is 177 Å². The van der Waals surface area contributed by atoms with Crippen LogP contribution in [0, 0.1) is 6.92 Å². The minimum Gasteiger partial charge on any atom is -1.00 e. The van der Waals surface area contributed by atoms with Crippen LogP contribution in [-0.2, 0) is 28.3 Å². The Labute approximate surface area is 499 Å². The van der Waals surface area contributed by atoms with Gasteiger partial charge in [-0.3, -0.25) is 4.79 Å². The van der Waals surface area contributed by atoms with E-state index in [-0.39, 0.29) is 113 Å². The molecule has 4 aromatic rings. The first-order chi connectivity index (χ1) is 27.5. The predicted molar refractivity (Wildman–Crippen MR) is 298 cm³/mol. The summed E-state index contributed by atoms with van der Waals surface area (Å²) in [6.07, 6.45) is 6.61. The van der Waals surface area contributed by atoms with Crippen LogP contribution in [0.25, 0.3) is 0 Å². The largest absolute Gasteiger partial charge is 2.00 e. The minimum absolute atomic E-state index is 0. The van der Waals surface area contributed by atoms with Crippen LogP contribution in [0.1, 0.15) is 63.6 Å². The van der Waals surface area contributed by atoms with Crippen molar-refractivity contribution in [2.24, 2.45) is 0 Å². The maximum atomic E-state index is 10.6. The van der Waals surface area contributed by atoms with Gasteiger partial charge < -0.3 is 25.1 Å². The Kier molecular flexibility index (Phi) is 35.0. The number of hydrogen-bond donors (Lipinski definition) is 1. The third kappa shape index (κ3) is 20.9. The van der Waals surface area contributed by atoms with Crippen LogP contribution in [0.3, 0.4) is 0 Å². The fourth-order valence-electron chi connectivity index (χ4n) is 5.59. The Hall–Kier alpha value is 3.25. The molecule has 3 saturated carbocycles. The zero-order chi connectivity index (χ0) is 43.2. The summed E-state index contributed by atoms with van der Waals surface area (Å²) in [6, 6.07) is 30.4. The number of rotatable bonds is 10. The molecule has 4 aliphatic rings. The Morgan fingerprint density at radius 1 is 0.694 bits per heavy atom. The number of alkyl halides is 6. The molecule has 0 amide bonds. The van der Waals surface area contributed by atoms with Crippen molar-refractivity contribution in [1.29, 1.82) is 0 Å². The van der Waals surface area contributed by atoms with E-state index < -0.39 is 15.3 Å². The zero-order valence-electron chi connectivity index (χ0n) is 35.4. The first kappa shape index (κ1) is 67.3. The molecule has 1 aliphatic heterocycles. The van der Waals surface area contributed by atoms with Gasteiger partial charge in [0.15, 0.2) is 5.78 Å². The van der Waals surface area contributed by atoms with Crippen molar-refractivity contribution in [1.82, 2.24) is 0 Å². The van der Waals surface area contributed by atoms with Gasteiger partial charge in [0.1, 0.15) is 16.1 Å². The van der Waals surface area contributed by atoms with E-state index >= 15 is 0 Å². The molecule has 3 aliphatic carbocycles. The van der Waals surface area contributed by atoms with E-state index in [1.807, 2.05) is 91.0 Å². The quantitative estimate of drug-likeness (QED) is 0.0566. The molecule has 8 rings (SSSR count). The second kappa shape index (κ2) is 32.3. The average Bonchev–Trinajstić information content (AvgIpc) is 4.02. The predicted octanol–water partition coefficient (Wildman–Crippen LogP) is 13.1. The molecule has 0 spiro atoms. The standard InChI is InChI=1S/C12H13Cl3O.C12H12Cl2O.C7H6Cl2.C7H6Cl.C5H6Cl2O.ClH.I2.HI.2Mg.2H/c13-8-12(16,11(15)5-6-11)7-9-3-1-2-4-10(9)14;13-10-4-2-1-3-9(10)7-12(8-15-12)11(14)5-6-11;8-5-6-3-1-2-4-7(6)9;1-6-4-2-3-5-7(6)8;6-3-4(8)5(7)1-2-5;;1-2;;;;;/h1-4,16H,5-8H2;1-4H,5-8H2;1-4H,5H2;2-5H,1H2;1-3H2;1H;;1H;;;;/q;;;-1;;;;;2*+2;2*-1/p-1. The molecule has 338 valence electrons. The van der Waals surface area contributed by atoms with E-state index in [1.54, 1.807) is 6.07 Å². The SMILES string of the molecule is ClCc1ccccc1Cl.Clc1ccccc1CC1(C2(Cl)CC2)CO1.I.II.O=C(CCl)C1(Cl)CC1.OC(CCl)(Cc1ccccc1Cl)C1(Cl)CC1.[CH2-]c1ccccc1Cl.[Cl-].[H-].[H-].[Mg+2].[Mg+2]. The van der Waals surface area contributed by atoms with E-state index in [0.29, 0.717) is 17.3 Å². The number of aliphatic hydroxyl groups is 1. The molecule has 2 unspecified atom stereocenters. The van der Waals surface area contributed by atoms with E-state index in [0.717, 1.165) is 88.9 Å². The normalized spacial score (nSPS) is 18.7. The number of Topliss-reactive ketones (excluding diaryl/α,β-unsaturated/α-hetero) is 1. The summed E-state index contributed by atoms with van der Waals surface area (Å²) in [5.74, 6) is 0.645. The molecule has 3 nitrogen and oxygen atoms in total. The molecule has 4 aromatic carbocycles. The van der Waals surface area contributed by atoms with Crippen molar-refractivity contribution in [2.75, 3.05) is 18.4 Å². The van der Waals surface area contributed by atoms with Gasteiger partial charge in [-0.15, -0.1) is 106 Å². The van der Waals surface area contributed by atoms with E-state index in [9.17, 15) is 9.90 Å². The number of benzene rings is 4. The van der Waals surface area contributed by atoms with Crippen molar-refractivity contribution in [2.45, 2.75) is 83.1 Å². The molecular formula is C43H46Cl11I3Mg2O3. The molecule has 62 heavy (non-hydrogen) atoms. The Morgan fingerprint density at radius 3 is 1.37 bits per heavy atom. The fraction of sp³-hybridized carbons (Fsp3) is 0.395. The van der Waals surface area contributed by atoms with Gasteiger partial charge in [-0.1, -0.05) is 100 Å². The molecule has 19 heteroatoms. The Balaban J connectivity index is -0.000000350. The minimum atomic E-state index is -1.07. The number of ether oxygens (including phenoxy) is 1. The molecule has 2 atom stereocenters. The summed E-state index contributed by atoms with van der Waals surface area (Å²) in [5.41, 5.74) is 2.71. The molecule has 0 bridgehead atoms. The van der Waals surface area contributed by atoms with Crippen LogP contribution in [0.15, 0.2) is 97.1 Å². The third-order valence-electron chi connectivity index (χ3n) is 9.99. The Bertz CT molecular complexity index is 1910. The summed E-state index contributed by atoms with van der Waals surface area (Å²) in [6.45, 7) is 4.47. The van der Waals surface area contributed by atoms with Gasteiger partial charge in [0.25, 0.3) is 0 Å². The van der Waals surface area contributed by atoms with Gasteiger partial charge in [0.2, 0.25) is 0 Å². The topological polar surface area (TPSA) is 49.8 Å². The molecule has 0 radical (unpaired) electrons. The Morgan fingerprint density at radius 2 is 1.10 bits per heavy atom. The van der Waals surface area contributed by atoms with Gasteiger partial charge in [0, 0.05) is 71.0 Å². The monoisotopic (exact) mass is 1420 g/mol. The smallest absolute Gasteiger partial charge is 1.00 e. The molecule has 1 N–H and O–H groups in total. The van der Waals surface area contributed by atoms with Crippen molar-refractivity contribution in [3.05, 3.63) is 146 Å². The number of epoxide rings is 1. The van der Waals surface area contributed by atoms with Gasteiger partial charge in [-0.25, -0.2) is 0 Å². The number of carbonyl (C=O) groups excluding carboxylic acids is 1. The van der Waals surface area contributed by atoms with Crippen molar-refractivity contribution in [3.63, 3.8) is 0 Å². The second-order valence-corrected chi connectivity index (χ2v) is 18.9. The van der Waals surface area contributed by atoms with Gasteiger partial charge >= 0.3 is 46.1 Å². The number of carbonyl (C=O) groups is 1. The van der Waals surface area contributed by atoms with Crippen molar-refractivity contribution < 1.29 is 29.9 Å². The number of hydrogen-bond acceptors (Lipinski definition) is 3. The molecule has 1 saturated heterocycles. The first-order valence-electron chi connectivity index (χ1n) is 18.1. The van der Waals surface area contributed by atoms with Gasteiger partial charge in [-0.2, -0.15) is 30.2 Å². The fourth-order valence-corrected chi connectivity index (χ4v) is 8.04. The molecule has 0 aromatic heterocycles. The number of halogens is 14. The van der Waals surface area contributed by atoms with Crippen LogP contribution in [0.2, 0.25) is 20.1 Å². The number of ketones is 1. The van der Waals surface area contributed by atoms with Gasteiger partial charge in [0.05, 0.1) is 28.1 Å². The summed E-state index contributed by atoms with van der Waals surface area (Å²) < 4.78 is 5.59. The van der Waals surface area contributed by atoms with E-state index in [4.69, 9.17) is 121 Å². The molecular weight excluding hydrogens is 1380 g/mol. The maximum Gasteiger partial charge on any atom is 2.00 e. The van der Waals surface area contributed by atoms with Crippen LogP contribution in [0.4, 0.5) is 0 Å². The van der Waals surface area contributed by atoms with Crippen LogP contribution < -0.4 is 12.4 Å². The zero-order valence-corrected chi connectivity index (χ0v) is 51.2. The van der Waals surface area contributed by atoms with Crippen molar-refractivity contribution in [3.8, 4) is 0 Å². The average molecular weight is 1430 g/mol. The summed E-state index contributed by atoms with van der Waals surface area (Å²) in [4.78, 5) is 9.43. The second-order valence-electron chi connectivity index (χ2n) is 14.3. The summed E-state index contributed by atoms with van der Waals surface area (Å²) in [5, 5.41) is 13.4. The van der Waals surface area contributed by atoms with Crippen LogP contribution in [0.5, 0.6) is 0 Å². The van der Waals surface area contributed by atoms with Gasteiger partial charge in [-0.05, 0) is 73.4 Å². The first-order valence-corrected chi connectivity index (χ1v) is 28.6. The third-order valence-corrected chi connectivity index (χ3v) is 14.5.